The summed E-state index contributed by atoms with van der Waals surface area (Å²) in [6.07, 6.45) is 1.59. The van der Waals surface area contributed by atoms with E-state index in [-0.39, 0.29) is 6.79 Å². The van der Waals surface area contributed by atoms with Crippen molar-refractivity contribution in [3.05, 3.63) is 59.8 Å². The summed E-state index contributed by atoms with van der Waals surface area (Å²) in [5.74, 6) is 2.29. The smallest absolute Gasteiger partial charge is 0.231 e. The van der Waals surface area contributed by atoms with E-state index in [0.717, 1.165) is 33.9 Å². The molecule has 0 bridgehead atoms. The highest BCUT2D eigenvalue weighted by Crippen LogP contribution is 2.36. The maximum atomic E-state index is 5.80. The molecule has 0 saturated heterocycles. The van der Waals surface area contributed by atoms with Crippen LogP contribution in [-0.2, 0) is 0 Å². The van der Waals surface area contributed by atoms with Crippen LogP contribution < -0.4 is 19.9 Å². The van der Waals surface area contributed by atoms with Gasteiger partial charge in [0.25, 0.3) is 0 Å². The van der Waals surface area contributed by atoms with E-state index in [9.17, 15) is 0 Å². The monoisotopic (exact) mass is 269 g/mol. The van der Waals surface area contributed by atoms with E-state index in [2.05, 4.69) is 0 Å². The van der Waals surface area contributed by atoms with Crippen LogP contribution in [0.1, 0.15) is 11.1 Å². The standard InChI is InChI=1S/C16H15NO3/c1-18-13-4-2-3-11(7-13)14(9-17)12-5-6-15-16(8-12)20-10-19-15/h2-9H,10,17H2,1H3. The number of ether oxygens (including phenoxy) is 3. The second-order valence-electron chi connectivity index (χ2n) is 4.38. The van der Waals surface area contributed by atoms with Crippen molar-refractivity contribution in [2.45, 2.75) is 0 Å². The van der Waals surface area contributed by atoms with Gasteiger partial charge in [-0.1, -0.05) is 18.2 Å². The molecule has 0 fully saturated rings. The van der Waals surface area contributed by atoms with Gasteiger partial charge in [0.15, 0.2) is 11.5 Å². The van der Waals surface area contributed by atoms with Gasteiger partial charge in [0, 0.05) is 11.8 Å². The first-order valence-corrected chi connectivity index (χ1v) is 6.28. The highest BCUT2D eigenvalue weighted by molar-refractivity contribution is 5.81. The average Bonchev–Trinajstić information content (AvgIpc) is 2.96. The molecule has 2 aromatic carbocycles. The summed E-state index contributed by atoms with van der Waals surface area (Å²) in [5, 5.41) is 0. The lowest BCUT2D eigenvalue weighted by Gasteiger charge is -2.10. The molecule has 2 N–H and O–H groups in total. The Hall–Kier alpha value is -2.62. The van der Waals surface area contributed by atoms with Crippen molar-refractivity contribution in [1.29, 1.82) is 0 Å². The third-order valence-electron chi connectivity index (χ3n) is 3.23. The van der Waals surface area contributed by atoms with E-state index in [1.165, 1.54) is 0 Å². The summed E-state index contributed by atoms with van der Waals surface area (Å²) >= 11 is 0. The van der Waals surface area contributed by atoms with Gasteiger partial charge >= 0.3 is 0 Å². The molecular weight excluding hydrogens is 254 g/mol. The quantitative estimate of drug-likeness (QED) is 0.931. The van der Waals surface area contributed by atoms with Crippen molar-refractivity contribution >= 4 is 5.57 Å². The van der Waals surface area contributed by atoms with E-state index in [4.69, 9.17) is 19.9 Å². The Bertz CT molecular complexity index is 665. The summed E-state index contributed by atoms with van der Waals surface area (Å²) in [5.41, 5.74) is 8.69. The van der Waals surface area contributed by atoms with Crippen LogP contribution in [-0.4, -0.2) is 13.9 Å². The Morgan fingerprint density at radius 3 is 2.70 bits per heavy atom. The van der Waals surface area contributed by atoms with Crippen molar-refractivity contribution in [2.24, 2.45) is 5.73 Å². The number of hydrogen-bond donors (Lipinski definition) is 1. The molecule has 0 amide bonds. The van der Waals surface area contributed by atoms with Crippen molar-refractivity contribution in [3.8, 4) is 17.2 Å². The number of hydrogen-bond acceptors (Lipinski definition) is 4. The maximum Gasteiger partial charge on any atom is 0.231 e. The number of rotatable bonds is 3. The Morgan fingerprint density at radius 1 is 1.10 bits per heavy atom. The Labute approximate surface area is 117 Å². The fraction of sp³-hybridized carbons (Fsp3) is 0.125. The fourth-order valence-corrected chi connectivity index (χ4v) is 2.21. The lowest BCUT2D eigenvalue weighted by atomic mass is 9.98. The van der Waals surface area contributed by atoms with Gasteiger partial charge in [-0.2, -0.15) is 0 Å². The molecule has 4 heteroatoms. The van der Waals surface area contributed by atoms with Gasteiger partial charge in [0.2, 0.25) is 6.79 Å². The van der Waals surface area contributed by atoms with Crippen LogP contribution in [0.15, 0.2) is 48.7 Å². The second-order valence-corrected chi connectivity index (χ2v) is 4.38. The Morgan fingerprint density at radius 2 is 1.90 bits per heavy atom. The fourth-order valence-electron chi connectivity index (χ4n) is 2.21. The van der Waals surface area contributed by atoms with Crippen LogP contribution in [0.3, 0.4) is 0 Å². The number of benzene rings is 2. The molecule has 4 nitrogen and oxygen atoms in total. The molecule has 2 aromatic rings. The third-order valence-corrected chi connectivity index (χ3v) is 3.23. The largest absolute Gasteiger partial charge is 0.497 e. The summed E-state index contributed by atoms with van der Waals surface area (Å²) in [6, 6.07) is 13.6. The first-order chi connectivity index (χ1) is 9.81. The third kappa shape index (κ3) is 2.16. The molecule has 1 heterocycles. The molecule has 0 aromatic heterocycles. The molecule has 0 unspecified atom stereocenters. The van der Waals surface area contributed by atoms with E-state index < -0.39 is 0 Å². The molecule has 0 saturated carbocycles. The van der Waals surface area contributed by atoms with E-state index in [0.29, 0.717) is 0 Å². The molecule has 0 aliphatic carbocycles. The normalized spacial score (nSPS) is 13.3. The minimum absolute atomic E-state index is 0.264. The van der Waals surface area contributed by atoms with Crippen LogP contribution >= 0.6 is 0 Å². The minimum atomic E-state index is 0.264. The predicted octanol–water partition coefficient (Wildman–Crippen LogP) is 2.77. The number of methoxy groups -OCH3 is 1. The molecule has 102 valence electrons. The molecule has 1 aliphatic rings. The van der Waals surface area contributed by atoms with Crippen LogP contribution in [0.4, 0.5) is 0 Å². The molecule has 0 spiro atoms. The first-order valence-electron chi connectivity index (χ1n) is 6.28. The summed E-state index contributed by atoms with van der Waals surface area (Å²) in [4.78, 5) is 0. The van der Waals surface area contributed by atoms with Gasteiger partial charge in [-0.3, -0.25) is 0 Å². The number of fused-ring (bicyclic) bond motifs is 1. The van der Waals surface area contributed by atoms with Gasteiger partial charge < -0.3 is 19.9 Å². The predicted molar refractivity (Wildman–Crippen MR) is 76.8 cm³/mol. The zero-order valence-corrected chi connectivity index (χ0v) is 11.1. The zero-order valence-electron chi connectivity index (χ0n) is 11.1. The SMILES string of the molecule is COc1cccc(C(=CN)c2ccc3c(c2)OCO3)c1. The summed E-state index contributed by atoms with van der Waals surface area (Å²) in [7, 11) is 1.64. The Balaban J connectivity index is 2.01. The van der Waals surface area contributed by atoms with Crippen molar-refractivity contribution < 1.29 is 14.2 Å². The van der Waals surface area contributed by atoms with Crippen LogP contribution in [0.25, 0.3) is 5.57 Å². The average molecular weight is 269 g/mol. The number of nitrogens with two attached hydrogens (primary N) is 1. The van der Waals surface area contributed by atoms with Gasteiger partial charge in [-0.05, 0) is 35.4 Å². The van der Waals surface area contributed by atoms with Gasteiger partial charge in [-0.15, -0.1) is 0 Å². The van der Waals surface area contributed by atoms with Crippen molar-refractivity contribution in [3.63, 3.8) is 0 Å². The molecule has 0 atom stereocenters. The second kappa shape index (κ2) is 5.17. The first kappa shape index (κ1) is 12.4. The topological polar surface area (TPSA) is 53.7 Å². The minimum Gasteiger partial charge on any atom is -0.497 e. The highest BCUT2D eigenvalue weighted by atomic mass is 16.7. The van der Waals surface area contributed by atoms with Gasteiger partial charge in [-0.25, -0.2) is 0 Å². The molecule has 20 heavy (non-hydrogen) atoms. The Kier molecular flexibility index (Phi) is 3.21. The molecular formula is C16H15NO3. The van der Waals surface area contributed by atoms with E-state index in [1.807, 2.05) is 42.5 Å². The summed E-state index contributed by atoms with van der Waals surface area (Å²) in [6.45, 7) is 0.264. The van der Waals surface area contributed by atoms with E-state index in [1.54, 1.807) is 13.3 Å². The summed E-state index contributed by atoms with van der Waals surface area (Å²) < 4.78 is 16.0. The zero-order chi connectivity index (χ0) is 13.9. The lowest BCUT2D eigenvalue weighted by molar-refractivity contribution is 0.174. The maximum absolute atomic E-state index is 5.80. The van der Waals surface area contributed by atoms with Crippen LogP contribution in [0.2, 0.25) is 0 Å². The van der Waals surface area contributed by atoms with E-state index >= 15 is 0 Å². The lowest BCUT2D eigenvalue weighted by Crippen LogP contribution is -1.94. The highest BCUT2D eigenvalue weighted by Gasteiger charge is 2.15. The van der Waals surface area contributed by atoms with Crippen LogP contribution in [0, 0.1) is 0 Å². The molecule has 1 aliphatic heterocycles. The van der Waals surface area contributed by atoms with Gasteiger partial charge in [0.05, 0.1) is 7.11 Å². The molecule has 3 rings (SSSR count). The van der Waals surface area contributed by atoms with Crippen molar-refractivity contribution in [1.82, 2.24) is 0 Å². The van der Waals surface area contributed by atoms with Crippen molar-refractivity contribution in [2.75, 3.05) is 13.9 Å². The van der Waals surface area contributed by atoms with Gasteiger partial charge in [0.1, 0.15) is 5.75 Å². The molecule has 0 radical (unpaired) electrons. The van der Waals surface area contributed by atoms with Crippen LogP contribution in [0.5, 0.6) is 17.2 Å².